The molecular weight excluding hydrogens is 266 g/mol. The van der Waals surface area contributed by atoms with Gasteiger partial charge in [0.25, 0.3) is 0 Å². The van der Waals surface area contributed by atoms with Gasteiger partial charge >= 0.3 is 0 Å². The average molecular weight is 281 g/mol. The van der Waals surface area contributed by atoms with Gasteiger partial charge in [-0.3, -0.25) is 4.98 Å². The standard InChI is InChI=1S/C21H15N/c1-2-6-19-13-16(11-12-18(19)5-1)9-10-17-14-20-7-3-4-8-21(20)22-15-17/h1-15H/b10-9-. The molecule has 1 heterocycles. The van der Waals surface area contributed by atoms with E-state index in [-0.39, 0.29) is 0 Å². The van der Waals surface area contributed by atoms with Crippen molar-refractivity contribution in [2.45, 2.75) is 0 Å². The fraction of sp³-hybridized carbons (Fsp3) is 0. The first-order valence-electron chi connectivity index (χ1n) is 7.40. The van der Waals surface area contributed by atoms with Crippen molar-refractivity contribution in [1.29, 1.82) is 0 Å². The van der Waals surface area contributed by atoms with Crippen LogP contribution in [-0.2, 0) is 0 Å². The summed E-state index contributed by atoms with van der Waals surface area (Å²) in [4.78, 5) is 4.49. The van der Waals surface area contributed by atoms with Gasteiger partial charge in [0.2, 0.25) is 0 Å². The van der Waals surface area contributed by atoms with E-state index >= 15 is 0 Å². The fourth-order valence-electron chi connectivity index (χ4n) is 2.68. The van der Waals surface area contributed by atoms with Crippen molar-refractivity contribution in [2.24, 2.45) is 0 Å². The second-order valence-electron chi connectivity index (χ2n) is 5.40. The molecular formula is C21H15N. The molecule has 0 N–H and O–H groups in total. The van der Waals surface area contributed by atoms with E-state index in [9.17, 15) is 0 Å². The molecule has 0 bridgehead atoms. The molecule has 0 saturated heterocycles. The Kier molecular flexibility index (Phi) is 3.17. The van der Waals surface area contributed by atoms with Crippen LogP contribution in [0.5, 0.6) is 0 Å². The van der Waals surface area contributed by atoms with Crippen LogP contribution in [0.15, 0.2) is 79.0 Å². The Hall–Kier alpha value is -2.93. The summed E-state index contributed by atoms with van der Waals surface area (Å²) in [6.45, 7) is 0. The maximum absolute atomic E-state index is 4.49. The van der Waals surface area contributed by atoms with E-state index in [0.717, 1.165) is 11.1 Å². The van der Waals surface area contributed by atoms with Crippen LogP contribution >= 0.6 is 0 Å². The fourth-order valence-corrected chi connectivity index (χ4v) is 2.68. The molecule has 0 aliphatic heterocycles. The van der Waals surface area contributed by atoms with Crippen molar-refractivity contribution in [3.05, 3.63) is 90.1 Å². The second kappa shape index (κ2) is 5.45. The van der Waals surface area contributed by atoms with Gasteiger partial charge in [0, 0.05) is 11.6 Å². The lowest BCUT2D eigenvalue weighted by Crippen LogP contribution is -1.80. The molecule has 4 aromatic rings. The van der Waals surface area contributed by atoms with Crippen molar-refractivity contribution < 1.29 is 0 Å². The molecule has 0 spiro atoms. The average Bonchev–Trinajstić information content (AvgIpc) is 2.59. The van der Waals surface area contributed by atoms with Crippen LogP contribution in [-0.4, -0.2) is 4.98 Å². The van der Waals surface area contributed by atoms with Crippen LogP contribution < -0.4 is 0 Å². The summed E-state index contributed by atoms with van der Waals surface area (Å²) < 4.78 is 0. The van der Waals surface area contributed by atoms with Gasteiger partial charge in [-0.15, -0.1) is 0 Å². The molecule has 0 amide bonds. The van der Waals surface area contributed by atoms with Gasteiger partial charge in [-0.1, -0.05) is 66.7 Å². The Morgan fingerprint density at radius 2 is 1.27 bits per heavy atom. The zero-order valence-corrected chi connectivity index (χ0v) is 12.1. The number of benzene rings is 3. The number of fused-ring (bicyclic) bond motifs is 2. The molecule has 1 aromatic heterocycles. The van der Waals surface area contributed by atoms with Crippen molar-refractivity contribution in [2.75, 3.05) is 0 Å². The highest BCUT2D eigenvalue weighted by molar-refractivity contribution is 5.87. The molecule has 0 unspecified atom stereocenters. The molecule has 0 atom stereocenters. The van der Waals surface area contributed by atoms with Crippen molar-refractivity contribution in [3.8, 4) is 0 Å². The van der Waals surface area contributed by atoms with Crippen molar-refractivity contribution >= 4 is 33.8 Å². The quantitative estimate of drug-likeness (QED) is 0.469. The smallest absolute Gasteiger partial charge is 0.0702 e. The van der Waals surface area contributed by atoms with Gasteiger partial charge < -0.3 is 0 Å². The van der Waals surface area contributed by atoms with Crippen molar-refractivity contribution in [1.82, 2.24) is 4.98 Å². The van der Waals surface area contributed by atoms with Crippen molar-refractivity contribution in [3.63, 3.8) is 0 Å². The zero-order chi connectivity index (χ0) is 14.8. The third-order valence-electron chi connectivity index (χ3n) is 3.85. The Morgan fingerprint density at radius 1 is 0.591 bits per heavy atom. The minimum Gasteiger partial charge on any atom is -0.256 e. The molecule has 22 heavy (non-hydrogen) atoms. The summed E-state index contributed by atoms with van der Waals surface area (Å²) >= 11 is 0. The Labute approximate surface area is 129 Å². The number of pyridine rings is 1. The number of hydrogen-bond acceptors (Lipinski definition) is 1. The maximum Gasteiger partial charge on any atom is 0.0702 e. The molecule has 0 fully saturated rings. The van der Waals surface area contributed by atoms with Gasteiger partial charge in [-0.25, -0.2) is 0 Å². The number of nitrogens with zero attached hydrogens (tertiary/aromatic N) is 1. The van der Waals surface area contributed by atoms with E-state index in [1.165, 1.54) is 21.7 Å². The summed E-state index contributed by atoms with van der Waals surface area (Å²) in [5.41, 5.74) is 3.35. The monoisotopic (exact) mass is 281 g/mol. The van der Waals surface area contributed by atoms with E-state index in [1.54, 1.807) is 0 Å². The van der Waals surface area contributed by atoms with Gasteiger partial charge in [0.15, 0.2) is 0 Å². The maximum atomic E-state index is 4.49. The van der Waals surface area contributed by atoms with Crippen LogP contribution in [0.25, 0.3) is 33.8 Å². The largest absolute Gasteiger partial charge is 0.256 e. The highest BCUT2D eigenvalue weighted by Gasteiger charge is 1.96. The SMILES string of the molecule is C(=C/c1cnc2ccccc2c1)/c1ccc2ccccc2c1. The third kappa shape index (κ3) is 2.49. The Balaban J connectivity index is 1.68. The first-order chi connectivity index (χ1) is 10.9. The topological polar surface area (TPSA) is 12.9 Å². The van der Waals surface area contributed by atoms with Gasteiger partial charge in [-0.2, -0.15) is 0 Å². The normalized spacial score (nSPS) is 11.5. The highest BCUT2D eigenvalue weighted by Crippen LogP contribution is 2.18. The predicted octanol–water partition coefficient (Wildman–Crippen LogP) is 5.56. The molecule has 3 aromatic carbocycles. The second-order valence-corrected chi connectivity index (χ2v) is 5.40. The van der Waals surface area contributed by atoms with Crippen LogP contribution in [0.2, 0.25) is 0 Å². The molecule has 0 aliphatic carbocycles. The summed E-state index contributed by atoms with van der Waals surface area (Å²) in [7, 11) is 0. The minimum atomic E-state index is 1.03. The summed E-state index contributed by atoms with van der Waals surface area (Å²) in [5.74, 6) is 0. The number of aromatic nitrogens is 1. The van der Waals surface area contributed by atoms with Gasteiger partial charge in [-0.05, 0) is 40.1 Å². The lowest BCUT2D eigenvalue weighted by Gasteiger charge is -2.00. The van der Waals surface area contributed by atoms with E-state index in [4.69, 9.17) is 0 Å². The van der Waals surface area contributed by atoms with E-state index in [0.29, 0.717) is 0 Å². The van der Waals surface area contributed by atoms with Gasteiger partial charge in [0.05, 0.1) is 5.52 Å². The molecule has 4 rings (SSSR count). The highest BCUT2D eigenvalue weighted by atomic mass is 14.6. The molecule has 0 radical (unpaired) electrons. The van der Waals surface area contributed by atoms with E-state index in [1.807, 2.05) is 24.4 Å². The number of rotatable bonds is 2. The number of hydrogen-bond donors (Lipinski definition) is 0. The molecule has 0 saturated carbocycles. The third-order valence-corrected chi connectivity index (χ3v) is 3.85. The summed E-state index contributed by atoms with van der Waals surface area (Å²) in [6, 6.07) is 25.3. The lowest BCUT2D eigenvalue weighted by atomic mass is 10.1. The molecule has 1 nitrogen and oxygen atoms in total. The van der Waals surface area contributed by atoms with E-state index in [2.05, 4.69) is 71.7 Å². The first-order valence-corrected chi connectivity index (χ1v) is 7.40. The van der Waals surface area contributed by atoms with Crippen LogP contribution in [0.4, 0.5) is 0 Å². The van der Waals surface area contributed by atoms with Crippen LogP contribution in [0.1, 0.15) is 11.1 Å². The van der Waals surface area contributed by atoms with Crippen LogP contribution in [0.3, 0.4) is 0 Å². The summed E-state index contributed by atoms with van der Waals surface area (Å²) in [5, 5.41) is 3.71. The molecule has 1 heteroatoms. The minimum absolute atomic E-state index is 1.03. The Morgan fingerprint density at radius 3 is 2.18 bits per heavy atom. The van der Waals surface area contributed by atoms with E-state index < -0.39 is 0 Å². The zero-order valence-electron chi connectivity index (χ0n) is 12.1. The number of para-hydroxylation sites is 1. The summed E-state index contributed by atoms with van der Waals surface area (Å²) in [6.07, 6.45) is 6.17. The molecule has 104 valence electrons. The Bertz CT molecular complexity index is 902. The lowest BCUT2D eigenvalue weighted by molar-refractivity contribution is 1.40. The van der Waals surface area contributed by atoms with Crippen LogP contribution in [0, 0.1) is 0 Å². The predicted molar refractivity (Wildman–Crippen MR) is 94.6 cm³/mol. The molecule has 0 aliphatic rings. The van der Waals surface area contributed by atoms with Gasteiger partial charge in [0.1, 0.15) is 0 Å². The first kappa shape index (κ1) is 12.8.